The first-order valence-electron chi connectivity index (χ1n) is 8.98. The molecule has 148 valence electrons. The molecule has 6 heteroatoms. The number of halogens is 2. The van der Waals surface area contributed by atoms with Crippen molar-refractivity contribution in [3.05, 3.63) is 100 Å². The Morgan fingerprint density at radius 1 is 1.00 bits per heavy atom. The third-order valence-electron chi connectivity index (χ3n) is 4.68. The summed E-state index contributed by atoms with van der Waals surface area (Å²) >= 11 is 0. The molecule has 2 aromatic carbocycles. The molecule has 1 atom stereocenters. The number of nitrogens with zero attached hydrogens (tertiary/aromatic N) is 1. The topological polar surface area (TPSA) is 56.3 Å². The third kappa shape index (κ3) is 4.71. The maximum absolute atomic E-state index is 14.5. The number of ether oxygens (including phenoxy) is 1. The van der Waals surface area contributed by atoms with E-state index in [1.54, 1.807) is 49.5 Å². The highest BCUT2D eigenvalue weighted by Gasteiger charge is 2.23. The molecule has 1 heterocycles. The van der Waals surface area contributed by atoms with E-state index >= 15 is 0 Å². The quantitative estimate of drug-likeness (QED) is 0.442. The summed E-state index contributed by atoms with van der Waals surface area (Å²) in [6.45, 7) is 1.78. The van der Waals surface area contributed by atoms with E-state index in [0.29, 0.717) is 22.4 Å². The molecule has 0 aliphatic rings. The molecule has 0 aliphatic carbocycles. The average Bonchev–Trinajstić information content (AvgIpc) is 2.72. The Labute approximate surface area is 167 Å². The summed E-state index contributed by atoms with van der Waals surface area (Å²) in [5.74, 6) is -2.76. The summed E-state index contributed by atoms with van der Waals surface area (Å²) in [6, 6.07) is 13.0. The monoisotopic (exact) mass is 395 g/mol. The molecular weight excluding hydrogens is 376 g/mol. The van der Waals surface area contributed by atoms with Crippen LogP contribution in [0.4, 0.5) is 8.78 Å². The van der Waals surface area contributed by atoms with E-state index < -0.39 is 23.5 Å². The second-order valence-electron chi connectivity index (χ2n) is 6.65. The lowest BCUT2D eigenvalue weighted by Crippen LogP contribution is -2.12. The van der Waals surface area contributed by atoms with Gasteiger partial charge in [-0.25, -0.2) is 13.6 Å². The molecular formula is C23H19F2NO3. The van der Waals surface area contributed by atoms with Gasteiger partial charge in [0.15, 0.2) is 5.78 Å². The van der Waals surface area contributed by atoms with Crippen molar-refractivity contribution in [3.8, 4) is 0 Å². The van der Waals surface area contributed by atoms with Gasteiger partial charge in [0, 0.05) is 35.9 Å². The molecule has 0 radical (unpaired) electrons. The number of carbonyl (C=O) groups is 2. The molecule has 0 bridgehead atoms. The van der Waals surface area contributed by atoms with Gasteiger partial charge < -0.3 is 4.74 Å². The summed E-state index contributed by atoms with van der Waals surface area (Å²) in [4.78, 5) is 28.6. The first-order chi connectivity index (χ1) is 13.9. The lowest BCUT2D eigenvalue weighted by Gasteiger charge is -2.19. The molecule has 0 N–H and O–H groups in total. The maximum Gasteiger partial charge on any atom is 0.337 e. The van der Waals surface area contributed by atoms with Crippen LogP contribution in [0.15, 0.2) is 60.8 Å². The van der Waals surface area contributed by atoms with Crippen LogP contribution in [0.1, 0.15) is 49.9 Å². The van der Waals surface area contributed by atoms with Crippen molar-refractivity contribution in [1.82, 2.24) is 4.98 Å². The molecule has 4 nitrogen and oxygen atoms in total. The van der Waals surface area contributed by atoms with Crippen molar-refractivity contribution in [2.45, 2.75) is 19.3 Å². The summed E-state index contributed by atoms with van der Waals surface area (Å²) in [5.41, 5.74) is 2.34. The number of hydrogen-bond donors (Lipinski definition) is 0. The predicted octanol–water partition coefficient (Wildman–Crippen LogP) is 4.86. The second kappa shape index (κ2) is 8.73. The Morgan fingerprint density at radius 3 is 2.34 bits per heavy atom. The average molecular weight is 395 g/mol. The van der Waals surface area contributed by atoms with Gasteiger partial charge in [-0.2, -0.15) is 0 Å². The SMILES string of the molecule is COC(=O)c1ccc(C(CC(=O)c2ccnc(C)c2)c2ccc(F)cc2F)cc1. The number of aryl methyl sites for hydroxylation is 1. The van der Waals surface area contributed by atoms with Gasteiger partial charge in [0.25, 0.3) is 0 Å². The third-order valence-corrected chi connectivity index (χ3v) is 4.68. The molecule has 29 heavy (non-hydrogen) atoms. The Kier molecular flexibility index (Phi) is 6.12. The highest BCUT2D eigenvalue weighted by Crippen LogP contribution is 2.32. The van der Waals surface area contributed by atoms with Crippen LogP contribution in [0.25, 0.3) is 0 Å². The molecule has 0 fully saturated rings. The summed E-state index contributed by atoms with van der Waals surface area (Å²) in [5, 5.41) is 0. The van der Waals surface area contributed by atoms with Crippen molar-refractivity contribution >= 4 is 11.8 Å². The van der Waals surface area contributed by atoms with Gasteiger partial charge in [0.1, 0.15) is 11.6 Å². The van der Waals surface area contributed by atoms with Crippen LogP contribution in [0.5, 0.6) is 0 Å². The Morgan fingerprint density at radius 2 is 1.72 bits per heavy atom. The molecule has 0 spiro atoms. The minimum atomic E-state index is -0.731. The van der Waals surface area contributed by atoms with E-state index in [4.69, 9.17) is 0 Å². The van der Waals surface area contributed by atoms with Crippen LogP contribution in [-0.4, -0.2) is 23.8 Å². The highest BCUT2D eigenvalue weighted by atomic mass is 19.1. The number of carbonyl (C=O) groups excluding carboxylic acids is 2. The van der Waals surface area contributed by atoms with Crippen molar-refractivity contribution in [3.63, 3.8) is 0 Å². The zero-order valence-corrected chi connectivity index (χ0v) is 16.0. The lowest BCUT2D eigenvalue weighted by molar-refractivity contribution is 0.0600. The largest absolute Gasteiger partial charge is 0.465 e. The first kappa shape index (κ1) is 20.3. The molecule has 1 unspecified atom stereocenters. The maximum atomic E-state index is 14.5. The molecule has 0 amide bonds. The zero-order chi connectivity index (χ0) is 21.0. The summed E-state index contributed by atoms with van der Waals surface area (Å²) in [6.07, 6.45) is 1.52. The van der Waals surface area contributed by atoms with Crippen molar-refractivity contribution in [1.29, 1.82) is 0 Å². The Balaban J connectivity index is 2.00. The van der Waals surface area contributed by atoms with E-state index in [-0.39, 0.29) is 17.8 Å². The van der Waals surface area contributed by atoms with Gasteiger partial charge in [0.05, 0.1) is 12.7 Å². The van der Waals surface area contributed by atoms with Crippen LogP contribution in [0.3, 0.4) is 0 Å². The minimum Gasteiger partial charge on any atom is -0.465 e. The molecule has 0 saturated heterocycles. The van der Waals surface area contributed by atoms with Crippen LogP contribution < -0.4 is 0 Å². The summed E-state index contributed by atoms with van der Waals surface area (Å²) in [7, 11) is 1.28. The Hall–Kier alpha value is -3.41. The number of methoxy groups -OCH3 is 1. The van der Waals surface area contributed by atoms with Crippen LogP contribution in [0.2, 0.25) is 0 Å². The number of rotatable bonds is 6. The minimum absolute atomic E-state index is 0.0242. The fourth-order valence-corrected chi connectivity index (χ4v) is 3.18. The fraction of sp³-hybridized carbons (Fsp3) is 0.174. The number of aromatic nitrogens is 1. The molecule has 0 saturated carbocycles. The number of hydrogen-bond acceptors (Lipinski definition) is 4. The smallest absolute Gasteiger partial charge is 0.337 e. The molecule has 0 aliphatic heterocycles. The molecule has 1 aromatic heterocycles. The van der Waals surface area contributed by atoms with Crippen molar-refractivity contribution < 1.29 is 23.1 Å². The number of esters is 1. The van der Waals surface area contributed by atoms with Crippen LogP contribution in [0, 0.1) is 18.6 Å². The first-order valence-corrected chi connectivity index (χ1v) is 8.98. The normalized spacial score (nSPS) is 11.7. The van der Waals surface area contributed by atoms with Gasteiger partial charge in [0.2, 0.25) is 0 Å². The lowest BCUT2D eigenvalue weighted by atomic mass is 9.85. The van der Waals surface area contributed by atoms with Crippen molar-refractivity contribution in [2.24, 2.45) is 0 Å². The predicted molar refractivity (Wildman–Crippen MR) is 104 cm³/mol. The fourth-order valence-electron chi connectivity index (χ4n) is 3.18. The van der Waals surface area contributed by atoms with E-state index in [1.807, 2.05) is 0 Å². The number of pyridine rings is 1. The van der Waals surface area contributed by atoms with E-state index in [1.165, 1.54) is 13.2 Å². The van der Waals surface area contributed by atoms with E-state index in [2.05, 4.69) is 9.72 Å². The van der Waals surface area contributed by atoms with Crippen molar-refractivity contribution in [2.75, 3.05) is 7.11 Å². The molecule has 3 rings (SSSR count). The van der Waals surface area contributed by atoms with Crippen LogP contribution in [-0.2, 0) is 4.74 Å². The molecule has 3 aromatic rings. The van der Waals surface area contributed by atoms with Gasteiger partial charge in [-0.1, -0.05) is 18.2 Å². The van der Waals surface area contributed by atoms with Gasteiger partial charge in [-0.15, -0.1) is 0 Å². The summed E-state index contributed by atoms with van der Waals surface area (Å²) < 4.78 is 32.6. The van der Waals surface area contributed by atoms with Gasteiger partial charge in [-0.3, -0.25) is 9.78 Å². The standard InChI is InChI=1S/C23H19F2NO3/c1-14-11-17(9-10-26-14)22(27)13-20(19-8-7-18(24)12-21(19)25)15-3-5-16(6-4-15)23(28)29-2/h3-12,20H,13H2,1-2H3. The number of ketones is 1. The number of Topliss-reactive ketones (excluding diaryl/α,β-unsaturated/α-hetero) is 1. The van der Waals surface area contributed by atoms with Crippen LogP contribution >= 0.6 is 0 Å². The van der Waals surface area contributed by atoms with Gasteiger partial charge >= 0.3 is 5.97 Å². The van der Waals surface area contributed by atoms with E-state index in [9.17, 15) is 18.4 Å². The second-order valence-corrected chi connectivity index (χ2v) is 6.65. The highest BCUT2D eigenvalue weighted by molar-refractivity contribution is 5.97. The number of benzene rings is 2. The zero-order valence-electron chi connectivity index (χ0n) is 16.0. The Bertz CT molecular complexity index is 1050. The van der Waals surface area contributed by atoms with Gasteiger partial charge in [-0.05, 0) is 48.4 Å². The van der Waals surface area contributed by atoms with E-state index in [0.717, 1.165) is 12.1 Å².